The van der Waals surface area contributed by atoms with Crippen LogP contribution in [0.5, 0.6) is 17.2 Å². The quantitative estimate of drug-likeness (QED) is 0.346. The third-order valence-electron chi connectivity index (χ3n) is 4.92. The van der Waals surface area contributed by atoms with Gasteiger partial charge in [0.15, 0.2) is 6.61 Å². The zero-order valence-corrected chi connectivity index (χ0v) is 21.7. The van der Waals surface area contributed by atoms with Gasteiger partial charge in [0.25, 0.3) is 11.8 Å². The van der Waals surface area contributed by atoms with Gasteiger partial charge in [-0.15, -0.1) is 11.3 Å². The van der Waals surface area contributed by atoms with Gasteiger partial charge in [0.1, 0.15) is 22.2 Å². The number of thiophene rings is 1. The summed E-state index contributed by atoms with van der Waals surface area (Å²) in [5.74, 6) is -0.259. The second-order valence-electron chi connectivity index (χ2n) is 7.29. The second kappa shape index (κ2) is 12.3. The Balaban J connectivity index is 1.84. The molecule has 2 amide bonds. The molecule has 0 aliphatic rings. The summed E-state index contributed by atoms with van der Waals surface area (Å²) in [6.07, 6.45) is 0. The van der Waals surface area contributed by atoms with E-state index in [9.17, 15) is 14.4 Å². The van der Waals surface area contributed by atoms with E-state index in [4.69, 9.17) is 30.5 Å². The van der Waals surface area contributed by atoms with Crippen LogP contribution in [-0.4, -0.2) is 45.2 Å². The summed E-state index contributed by atoms with van der Waals surface area (Å²) < 4.78 is 21.2. The van der Waals surface area contributed by atoms with E-state index >= 15 is 0 Å². The lowest BCUT2D eigenvalue weighted by atomic mass is 10.1. The Morgan fingerprint density at radius 2 is 1.67 bits per heavy atom. The van der Waals surface area contributed by atoms with Crippen molar-refractivity contribution >= 4 is 51.4 Å². The highest BCUT2D eigenvalue weighted by Gasteiger charge is 2.27. The van der Waals surface area contributed by atoms with Gasteiger partial charge in [0.2, 0.25) is 0 Å². The molecule has 1 heterocycles. The molecule has 0 atom stereocenters. The van der Waals surface area contributed by atoms with Gasteiger partial charge < -0.3 is 29.6 Å². The van der Waals surface area contributed by atoms with Crippen molar-refractivity contribution in [1.29, 1.82) is 0 Å². The van der Waals surface area contributed by atoms with Gasteiger partial charge in [-0.05, 0) is 55.8 Å². The molecule has 1 aromatic heterocycles. The van der Waals surface area contributed by atoms with E-state index < -0.39 is 17.8 Å². The van der Waals surface area contributed by atoms with E-state index in [1.165, 1.54) is 14.2 Å². The smallest absolute Gasteiger partial charge is 0.341 e. The Labute approximate surface area is 217 Å². The maximum atomic E-state index is 13.2. The minimum absolute atomic E-state index is 0.101. The van der Waals surface area contributed by atoms with Crippen molar-refractivity contribution < 1.29 is 33.3 Å². The molecule has 9 nitrogen and oxygen atoms in total. The number of amides is 2. The van der Waals surface area contributed by atoms with Gasteiger partial charge in [-0.1, -0.05) is 11.6 Å². The van der Waals surface area contributed by atoms with Crippen molar-refractivity contribution in [3.63, 3.8) is 0 Å². The molecule has 3 rings (SSSR count). The summed E-state index contributed by atoms with van der Waals surface area (Å²) in [6, 6.07) is 11.5. The summed E-state index contributed by atoms with van der Waals surface area (Å²) in [4.78, 5) is 38.7. The van der Waals surface area contributed by atoms with E-state index in [-0.39, 0.29) is 28.7 Å². The summed E-state index contributed by atoms with van der Waals surface area (Å²) in [6.45, 7) is 3.09. The van der Waals surface area contributed by atoms with Gasteiger partial charge in [-0.25, -0.2) is 4.79 Å². The number of rotatable bonds is 10. The first-order valence-corrected chi connectivity index (χ1v) is 12.0. The van der Waals surface area contributed by atoms with Crippen LogP contribution in [0, 0.1) is 6.92 Å². The van der Waals surface area contributed by atoms with Crippen LogP contribution >= 0.6 is 22.9 Å². The van der Waals surface area contributed by atoms with E-state index in [1.807, 2.05) is 0 Å². The van der Waals surface area contributed by atoms with Crippen molar-refractivity contribution in [2.24, 2.45) is 0 Å². The lowest BCUT2D eigenvalue weighted by molar-refractivity contribution is -0.118. The number of halogens is 1. The average molecular weight is 533 g/mol. The summed E-state index contributed by atoms with van der Waals surface area (Å²) >= 11 is 6.81. The van der Waals surface area contributed by atoms with Gasteiger partial charge in [0, 0.05) is 11.1 Å². The zero-order chi connectivity index (χ0) is 26.2. The molecule has 0 fully saturated rings. The van der Waals surface area contributed by atoms with Crippen LogP contribution in [0.4, 0.5) is 10.7 Å². The number of hydrogen-bond acceptors (Lipinski definition) is 8. The molecular formula is C25H25ClN2O7S. The van der Waals surface area contributed by atoms with Crippen molar-refractivity contribution in [2.75, 3.05) is 38.1 Å². The number of ether oxygens (including phenoxy) is 4. The number of hydrogen-bond donors (Lipinski definition) is 2. The SMILES string of the molecule is CCOC(=O)c1c(NC(=O)COc2ccc(Cl)cc2)sc(C(=O)Nc2cc(OC)ccc2OC)c1C. The highest BCUT2D eigenvalue weighted by atomic mass is 35.5. The molecule has 0 bridgehead atoms. The lowest BCUT2D eigenvalue weighted by Gasteiger charge is -2.11. The van der Waals surface area contributed by atoms with E-state index in [2.05, 4.69) is 10.6 Å². The molecule has 0 spiro atoms. The first-order chi connectivity index (χ1) is 17.3. The number of benzene rings is 2. The highest BCUT2D eigenvalue weighted by molar-refractivity contribution is 7.19. The lowest BCUT2D eigenvalue weighted by Crippen LogP contribution is -2.21. The fraction of sp³-hybridized carbons (Fsp3) is 0.240. The van der Waals surface area contributed by atoms with Crippen LogP contribution in [0.25, 0.3) is 0 Å². The van der Waals surface area contributed by atoms with Crippen LogP contribution in [0.3, 0.4) is 0 Å². The molecule has 2 N–H and O–H groups in total. The Morgan fingerprint density at radius 1 is 0.972 bits per heavy atom. The monoisotopic (exact) mass is 532 g/mol. The van der Waals surface area contributed by atoms with Crippen LogP contribution in [0.2, 0.25) is 5.02 Å². The number of methoxy groups -OCH3 is 2. The molecular weight excluding hydrogens is 508 g/mol. The molecule has 3 aromatic rings. The molecule has 11 heteroatoms. The maximum Gasteiger partial charge on any atom is 0.341 e. The third-order valence-corrected chi connectivity index (χ3v) is 6.38. The molecule has 0 radical (unpaired) electrons. The molecule has 0 unspecified atom stereocenters. The average Bonchev–Trinajstić information content (AvgIpc) is 3.19. The molecule has 2 aromatic carbocycles. The van der Waals surface area contributed by atoms with Crippen molar-refractivity contribution in [2.45, 2.75) is 13.8 Å². The second-order valence-corrected chi connectivity index (χ2v) is 8.75. The minimum atomic E-state index is -0.654. The van der Waals surface area contributed by atoms with Gasteiger partial charge in [0.05, 0.1) is 37.0 Å². The Bertz CT molecular complexity index is 1260. The topological polar surface area (TPSA) is 112 Å². The first kappa shape index (κ1) is 26.8. The van der Waals surface area contributed by atoms with E-state index in [0.717, 1.165) is 11.3 Å². The van der Waals surface area contributed by atoms with Crippen LogP contribution in [0.15, 0.2) is 42.5 Å². The summed E-state index contributed by atoms with van der Waals surface area (Å²) in [7, 11) is 2.99. The van der Waals surface area contributed by atoms with E-state index in [1.54, 1.807) is 56.3 Å². The number of esters is 1. The summed E-state index contributed by atoms with van der Waals surface area (Å²) in [5, 5.41) is 6.15. The van der Waals surface area contributed by atoms with Crippen LogP contribution < -0.4 is 24.8 Å². The Kier molecular flexibility index (Phi) is 9.15. The van der Waals surface area contributed by atoms with Crippen molar-refractivity contribution in [1.82, 2.24) is 0 Å². The molecule has 0 aliphatic heterocycles. The Hall–Kier alpha value is -3.76. The maximum absolute atomic E-state index is 13.2. The molecule has 0 saturated carbocycles. The fourth-order valence-corrected chi connectivity index (χ4v) is 4.43. The fourth-order valence-electron chi connectivity index (χ4n) is 3.20. The van der Waals surface area contributed by atoms with Crippen LogP contribution in [-0.2, 0) is 9.53 Å². The van der Waals surface area contributed by atoms with Gasteiger partial charge in [-0.2, -0.15) is 0 Å². The standard InChI is InChI=1S/C25H25ClN2O7S/c1-5-34-25(31)21-14(2)22(23(30)27-18-12-17(32-3)10-11-19(18)33-4)36-24(21)28-20(29)13-35-16-8-6-15(26)7-9-16/h6-12H,5,13H2,1-4H3,(H,27,30)(H,28,29). The molecule has 0 saturated heterocycles. The van der Waals surface area contributed by atoms with Crippen LogP contribution in [0.1, 0.15) is 32.5 Å². The zero-order valence-electron chi connectivity index (χ0n) is 20.1. The van der Waals surface area contributed by atoms with Gasteiger partial charge >= 0.3 is 5.97 Å². The van der Waals surface area contributed by atoms with E-state index in [0.29, 0.717) is 33.5 Å². The number of carbonyl (C=O) groups is 3. The summed E-state index contributed by atoms with van der Waals surface area (Å²) in [5.41, 5.74) is 0.852. The number of carbonyl (C=O) groups excluding carboxylic acids is 3. The van der Waals surface area contributed by atoms with Gasteiger partial charge in [-0.3, -0.25) is 9.59 Å². The first-order valence-electron chi connectivity index (χ1n) is 10.8. The highest BCUT2D eigenvalue weighted by Crippen LogP contribution is 2.36. The van der Waals surface area contributed by atoms with Crippen molar-refractivity contribution in [3.05, 3.63) is 63.5 Å². The minimum Gasteiger partial charge on any atom is -0.497 e. The molecule has 36 heavy (non-hydrogen) atoms. The largest absolute Gasteiger partial charge is 0.497 e. The molecule has 190 valence electrons. The Morgan fingerprint density at radius 3 is 2.31 bits per heavy atom. The number of nitrogens with one attached hydrogen (secondary N) is 2. The predicted octanol–water partition coefficient (Wildman–Crippen LogP) is 5.17. The third kappa shape index (κ3) is 6.46. The molecule has 0 aliphatic carbocycles. The normalized spacial score (nSPS) is 10.4. The van der Waals surface area contributed by atoms with Crippen molar-refractivity contribution in [3.8, 4) is 17.2 Å². The number of anilines is 2. The predicted molar refractivity (Wildman–Crippen MR) is 138 cm³/mol.